The quantitative estimate of drug-likeness (QED) is 0.465. The van der Waals surface area contributed by atoms with Crippen molar-refractivity contribution in [2.75, 3.05) is 18.1 Å². The van der Waals surface area contributed by atoms with Crippen LogP contribution in [0.15, 0.2) is 21.8 Å². The lowest BCUT2D eigenvalue weighted by Gasteiger charge is -2.24. The second kappa shape index (κ2) is 9.46. The van der Waals surface area contributed by atoms with E-state index < -0.39 is 0 Å². The van der Waals surface area contributed by atoms with Crippen LogP contribution in [-0.2, 0) is 6.54 Å². The Hall–Kier alpha value is -0.440. The summed E-state index contributed by atoms with van der Waals surface area (Å²) in [6, 6.07) is 2.36. The van der Waals surface area contributed by atoms with E-state index in [2.05, 4.69) is 27.7 Å². The van der Waals surface area contributed by atoms with Gasteiger partial charge in [-0.2, -0.15) is 11.8 Å². The molecule has 0 spiro atoms. The molecule has 0 amide bonds. The second-order valence-electron chi connectivity index (χ2n) is 4.24. The van der Waals surface area contributed by atoms with Gasteiger partial charge in [-0.3, -0.25) is 0 Å². The molecule has 0 saturated carbocycles. The maximum atomic E-state index is 4.79. The van der Waals surface area contributed by atoms with Gasteiger partial charge in [-0.15, -0.1) is 24.0 Å². The van der Waals surface area contributed by atoms with Crippen molar-refractivity contribution in [1.29, 1.82) is 0 Å². The van der Waals surface area contributed by atoms with Crippen LogP contribution in [-0.4, -0.2) is 35.2 Å². The molecule has 0 bridgehead atoms. The van der Waals surface area contributed by atoms with Crippen molar-refractivity contribution in [3.63, 3.8) is 0 Å². The van der Waals surface area contributed by atoms with Crippen LogP contribution in [0, 0.1) is 0 Å². The first-order valence-electron chi connectivity index (χ1n) is 6.40. The van der Waals surface area contributed by atoms with Crippen LogP contribution in [0.1, 0.15) is 25.5 Å². The van der Waals surface area contributed by atoms with Crippen molar-refractivity contribution >= 4 is 41.7 Å². The summed E-state index contributed by atoms with van der Waals surface area (Å²) in [5.74, 6) is 3.31. The van der Waals surface area contributed by atoms with Crippen LogP contribution in [0.5, 0.6) is 0 Å². The average molecular weight is 396 g/mol. The van der Waals surface area contributed by atoms with Gasteiger partial charge < -0.3 is 15.2 Å². The number of thioether (sulfide) groups is 1. The molecule has 1 aromatic heterocycles. The topological polar surface area (TPSA) is 62.5 Å². The Bertz CT molecular complexity index is 366. The van der Waals surface area contributed by atoms with Gasteiger partial charge in [0.15, 0.2) is 5.96 Å². The molecule has 1 unspecified atom stereocenters. The fraction of sp³-hybridized carbons (Fsp3) is 0.667. The number of nitrogens with zero attached hydrogens (tertiary/aromatic N) is 2. The zero-order chi connectivity index (χ0) is 12.6. The zero-order valence-corrected chi connectivity index (χ0v) is 14.2. The number of guanidine groups is 1. The molecule has 1 aliphatic rings. The van der Waals surface area contributed by atoms with Crippen molar-refractivity contribution in [1.82, 2.24) is 15.8 Å². The van der Waals surface area contributed by atoms with E-state index >= 15 is 0 Å². The number of rotatable bonds is 4. The molecular weight excluding hydrogens is 375 g/mol. The third-order valence-corrected chi connectivity index (χ3v) is 3.95. The first-order valence-corrected chi connectivity index (χ1v) is 7.56. The molecule has 1 fully saturated rings. The molecule has 19 heavy (non-hydrogen) atoms. The Kier molecular flexibility index (Phi) is 8.27. The second-order valence-corrected chi connectivity index (χ2v) is 5.39. The first-order chi connectivity index (χ1) is 8.88. The van der Waals surface area contributed by atoms with Crippen LogP contribution >= 0.6 is 35.7 Å². The van der Waals surface area contributed by atoms with Gasteiger partial charge >= 0.3 is 0 Å². The first kappa shape index (κ1) is 16.6. The normalized spacial score (nSPS) is 19.6. The minimum atomic E-state index is 0. The smallest absolute Gasteiger partial charge is 0.191 e. The van der Waals surface area contributed by atoms with Gasteiger partial charge in [0.05, 0.1) is 6.54 Å². The van der Waals surface area contributed by atoms with Gasteiger partial charge in [-0.1, -0.05) is 5.16 Å². The molecule has 0 radical (unpaired) electrons. The van der Waals surface area contributed by atoms with Gasteiger partial charge in [0, 0.05) is 24.4 Å². The molecule has 2 N–H and O–H groups in total. The number of hydrogen-bond donors (Lipinski definition) is 2. The number of aromatic nitrogens is 1. The van der Waals surface area contributed by atoms with Crippen molar-refractivity contribution in [3.05, 3.63) is 18.0 Å². The maximum Gasteiger partial charge on any atom is 0.191 e. The largest absolute Gasteiger partial charge is 0.364 e. The SMILES string of the molecule is CCNC(=NCc1ccon1)NC1CCCSC1.I. The summed E-state index contributed by atoms with van der Waals surface area (Å²) in [6.07, 6.45) is 4.08. The highest BCUT2D eigenvalue weighted by molar-refractivity contribution is 14.0. The summed E-state index contributed by atoms with van der Waals surface area (Å²) in [4.78, 5) is 4.51. The lowest BCUT2D eigenvalue weighted by Crippen LogP contribution is -2.45. The fourth-order valence-electron chi connectivity index (χ4n) is 1.85. The molecule has 108 valence electrons. The van der Waals surface area contributed by atoms with Crippen LogP contribution in [0.25, 0.3) is 0 Å². The monoisotopic (exact) mass is 396 g/mol. The summed E-state index contributed by atoms with van der Waals surface area (Å²) in [5.41, 5.74) is 0.852. The molecule has 5 nitrogen and oxygen atoms in total. The van der Waals surface area contributed by atoms with E-state index in [0.717, 1.165) is 24.0 Å². The molecule has 0 aromatic carbocycles. The lowest BCUT2D eigenvalue weighted by atomic mass is 10.2. The molecule has 0 aliphatic carbocycles. The molecule has 1 atom stereocenters. The van der Waals surface area contributed by atoms with Crippen LogP contribution in [0.3, 0.4) is 0 Å². The van der Waals surface area contributed by atoms with E-state index in [1.165, 1.54) is 18.6 Å². The van der Waals surface area contributed by atoms with E-state index in [4.69, 9.17) is 4.52 Å². The van der Waals surface area contributed by atoms with Crippen molar-refractivity contribution in [2.45, 2.75) is 32.4 Å². The van der Waals surface area contributed by atoms with E-state index in [0.29, 0.717) is 12.6 Å². The molecule has 2 heterocycles. The van der Waals surface area contributed by atoms with Crippen LogP contribution in [0.2, 0.25) is 0 Å². The molecule has 2 rings (SSSR count). The molecule has 1 aromatic rings. The van der Waals surface area contributed by atoms with Gasteiger partial charge in [0.2, 0.25) is 0 Å². The van der Waals surface area contributed by atoms with E-state index in [1.54, 1.807) is 6.26 Å². The summed E-state index contributed by atoms with van der Waals surface area (Å²) in [7, 11) is 0. The van der Waals surface area contributed by atoms with E-state index in [1.807, 2.05) is 17.8 Å². The summed E-state index contributed by atoms with van der Waals surface area (Å²) < 4.78 is 4.79. The van der Waals surface area contributed by atoms with Crippen molar-refractivity contribution < 1.29 is 4.52 Å². The lowest BCUT2D eigenvalue weighted by molar-refractivity contribution is 0.412. The predicted molar refractivity (Wildman–Crippen MR) is 90.2 cm³/mol. The number of nitrogens with one attached hydrogen (secondary N) is 2. The summed E-state index contributed by atoms with van der Waals surface area (Å²) >= 11 is 2.01. The Labute approximate surface area is 135 Å². The Balaban J connectivity index is 0.00000180. The third kappa shape index (κ3) is 6.03. The summed E-state index contributed by atoms with van der Waals surface area (Å²) in [5, 5.41) is 10.6. The van der Waals surface area contributed by atoms with Gasteiger partial charge in [-0.05, 0) is 25.5 Å². The Morgan fingerprint density at radius 1 is 1.63 bits per heavy atom. The highest BCUT2D eigenvalue weighted by Gasteiger charge is 2.14. The zero-order valence-electron chi connectivity index (χ0n) is 11.1. The predicted octanol–water partition coefficient (Wildman–Crippen LogP) is 2.24. The minimum absolute atomic E-state index is 0. The third-order valence-electron chi connectivity index (χ3n) is 2.74. The fourth-order valence-corrected chi connectivity index (χ4v) is 2.92. The maximum absolute atomic E-state index is 4.79. The molecular formula is C12H21IN4OS. The van der Waals surface area contributed by atoms with Gasteiger partial charge in [0.25, 0.3) is 0 Å². The highest BCUT2D eigenvalue weighted by atomic mass is 127. The number of halogens is 1. The average Bonchev–Trinajstić information content (AvgIpc) is 2.91. The number of hydrogen-bond acceptors (Lipinski definition) is 4. The Morgan fingerprint density at radius 2 is 2.53 bits per heavy atom. The summed E-state index contributed by atoms with van der Waals surface area (Å²) in [6.45, 7) is 3.49. The molecule has 1 saturated heterocycles. The standard InChI is InChI=1S/C12H20N4OS.HI/c1-2-13-12(14-8-10-5-6-17-16-10)15-11-4-3-7-18-9-11;/h5-6,11H,2-4,7-9H2,1H3,(H2,13,14,15);1H. The minimum Gasteiger partial charge on any atom is -0.364 e. The molecule has 7 heteroatoms. The van der Waals surface area contributed by atoms with E-state index in [-0.39, 0.29) is 24.0 Å². The van der Waals surface area contributed by atoms with E-state index in [9.17, 15) is 0 Å². The highest BCUT2D eigenvalue weighted by Crippen LogP contribution is 2.16. The van der Waals surface area contributed by atoms with Crippen LogP contribution < -0.4 is 10.6 Å². The van der Waals surface area contributed by atoms with Crippen molar-refractivity contribution in [3.8, 4) is 0 Å². The van der Waals surface area contributed by atoms with Crippen LogP contribution in [0.4, 0.5) is 0 Å². The van der Waals surface area contributed by atoms with Gasteiger partial charge in [-0.25, -0.2) is 4.99 Å². The van der Waals surface area contributed by atoms with Crippen molar-refractivity contribution in [2.24, 2.45) is 4.99 Å². The van der Waals surface area contributed by atoms with Gasteiger partial charge in [0.1, 0.15) is 12.0 Å². The Morgan fingerprint density at radius 3 is 3.16 bits per heavy atom. The molecule has 1 aliphatic heterocycles. The number of aliphatic imine (C=N–C) groups is 1.